The number of aromatic nitrogens is 4. The van der Waals surface area contributed by atoms with Gasteiger partial charge in [-0.05, 0) is 43.7 Å². The van der Waals surface area contributed by atoms with Crippen molar-refractivity contribution in [3.63, 3.8) is 0 Å². The highest BCUT2D eigenvalue weighted by molar-refractivity contribution is 6.30. The first-order valence-electron chi connectivity index (χ1n) is 8.50. The molecule has 2 heterocycles. The van der Waals surface area contributed by atoms with Crippen molar-refractivity contribution in [3.05, 3.63) is 64.2 Å². The van der Waals surface area contributed by atoms with E-state index in [1.54, 1.807) is 39.6 Å². The van der Waals surface area contributed by atoms with Crippen LogP contribution in [0.1, 0.15) is 27.3 Å². The van der Waals surface area contributed by atoms with Crippen LogP contribution < -0.4 is 4.74 Å². The first kappa shape index (κ1) is 19.0. The van der Waals surface area contributed by atoms with E-state index in [1.807, 2.05) is 39.2 Å². The molecule has 3 aromatic rings. The summed E-state index contributed by atoms with van der Waals surface area (Å²) in [6.45, 7) is 4.54. The van der Waals surface area contributed by atoms with E-state index in [4.69, 9.17) is 16.3 Å². The molecule has 0 spiro atoms. The van der Waals surface area contributed by atoms with Gasteiger partial charge in [0.25, 0.3) is 5.91 Å². The molecule has 7 nitrogen and oxygen atoms in total. The Bertz CT molecular complexity index is 963. The summed E-state index contributed by atoms with van der Waals surface area (Å²) in [7, 11) is 3.61. The predicted octanol–water partition coefficient (Wildman–Crippen LogP) is 3.20. The minimum atomic E-state index is -0.153. The van der Waals surface area contributed by atoms with Gasteiger partial charge in [-0.25, -0.2) is 4.68 Å². The van der Waals surface area contributed by atoms with E-state index in [-0.39, 0.29) is 12.6 Å². The maximum Gasteiger partial charge on any atom is 0.274 e. The predicted molar refractivity (Wildman–Crippen MR) is 103 cm³/mol. The summed E-state index contributed by atoms with van der Waals surface area (Å²) in [6.07, 6.45) is 3.64. The van der Waals surface area contributed by atoms with Crippen LogP contribution in [0.3, 0.4) is 0 Å². The number of aryl methyl sites for hydroxylation is 3. The third-order valence-corrected chi connectivity index (χ3v) is 4.45. The van der Waals surface area contributed by atoms with Crippen LogP contribution in [0.15, 0.2) is 36.7 Å². The smallest absolute Gasteiger partial charge is 0.274 e. The Labute approximate surface area is 163 Å². The fraction of sp³-hybridized carbons (Fsp3) is 0.316. The lowest BCUT2D eigenvalue weighted by atomic mass is 10.2. The summed E-state index contributed by atoms with van der Waals surface area (Å²) in [5.74, 6) is 0.576. The minimum absolute atomic E-state index is 0.153. The van der Waals surface area contributed by atoms with Crippen molar-refractivity contribution in [2.24, 2.45) is 7.05 Å². The van der Waals surface area contributed by atoms with Crippen molar-refractivity contribution in [1.82, 2.24) is 24.5 Å². The second kappa shape index (κ2) is 7.84. The Hall–Kier alpha value is -2.80. The Morgan fingerprint density at radius 1 is 1.26 bits per heavy atom. The maximum atomic E-state index is 12.6. The van der Waals surface area contributed by atoms with Crippen LogP contribution >= 0.6 is 11.6 Å². The number of halogens is 1. The number of hydrogen-bond donors (Lipinski definition) is 0. The normalized spacial score (nSPS) is 10.9. The van der Waals surface area contributed by atoms with Gasteiger partial charge in [0.05, 0.1) is 5.69 Å². The Kier molecular flexibility index (Phi) is 5.51. The zero-order valence-corrected chi connectivity index (χ0v) is 16.6. The Balaban J connectivity index is 1.62. The molecule has 0 unspecified atom stereocenters. The van der Waals surface area contributed by atoms with Crippen LogP contribution in [0.5, 0.6) is 5.75 Å². The van der Waals surface area contributed by atoms with Gasteiger partial charge in [-0.3, -0.25) is 9.48 Å². The summed E-state index contributed by atoms with van der Waals surface area (Å²) >= 11 is 5.95. The van der Waals surface area contributed by atoms with E-state index in [2.05, 4.69) is 10.2 Å². The van der Waals surface area contributed by atoms with Gasteiger partial charge in [-0.15, -0.1) is 0 Å². The van der Waals surface area contributed by atoms with Gasteiger partial charge in [0.2, 0.25) is 0 Å². The molecule has 0 aliphatic heterocycles. The zero-order chi connectivity index (χ0) is 19.6. The van der Waals surface area contributed by atoms with Crippen LogP contribution in [-0.2, 0) is 20.3 Å². The molecule has 0 saturated heterocycles. The average molecular weight is 388 g/mol. The second-order valence-corrected chi connectivity index (χ2v) is 6.93. The number of ether oxygens (including phenoxy) is 1. The third-order valence-electron chi connectivity index (χ3n) is 4.22. The molecule has 0 aliphatic carbocycles. The SMILES string of the molecule is Cc1cc(Cl)ccc1OCn1ccc(C(=O)N(C)Cc2cn(C)nc2C)n1. The molecular weight excluding hydrogens is 366 g/mol. The quantitative estimate of drug-likeness (QED) is 0.651. The maximum absolute atomic E-state index is 12.6. The van der Waals surface area contributed by atoms with Gasteiger partial charge in [0.15, 0.2) is 12.4 Å². The zero-order valence-electron chi connectivity index (χ0n) is 15.8. The van der Waals surface area contributed by atoms with E-state index >= 15 is 0 Å². The topological polar surface area (TPSA) is 65.2 Å². The van der Waals surface area contributed by atoms with Crippen molar-refractivity contribution in [3.8, 4) is 5.75 Å². The fourth-order valence-corrected chi connectivity index (χ4v) is 3.01. The second-order valence-electron chi connectivity index (χ2n) is 6.50. The molecule has 0 radical (unpaired) electrons. The number of nitrogens with zero attached hydrogens (tertiary/aromatic N) is 5. The molecule has 0 fully saturated rings. The van der Waals surface area contributed by atoms with Gasteiger partial charge in [-0.1, -0.05) is 11.6 Å². The molecule has 1 amide bonds. The molecule has 0 bridgehead atoms. The molecule has 8 heteroatoms. The van der Waals surface area contributed by atoms with Gasteiger partial charge >= 0.3 is 0 Å². The molecule has 142 valence electrons. The number of benzene rings is 1. The summed E-state index contributed by atoms with van der Waals surface area (Å²) in [5.41, 5.74) is 3.23. The Morgan fingerprint density at radius 3 is 2.70 bits per heavy atom. The number of rotatable bonds is 6. The third kappa shape index (κ3) is 4.49. The summed E-state index contributed by atoms with van der Waals surface area (Å²) < 4.78 is 9.08. The summed E-state index contributed by atoms with van der Waals surface area (Å²) in [6, 6.07) is 7.12. The summed E-state index contributed by atoms with van der Waals surface area (Å²) in [4.78, 5) is 14.2. The van der Waals surface area contributed by atoms with Crippen LogP contribution in [0.4, 0.5) is 0 Å². The van der Waals surface area contributed by atoms with E-state index < -0.39 is 0 Å². The molecule has 0 N–H and O–H groups in total. The summed E-state index contributed by atoms with van der Waals surface area (Å²) in [5, 5.41) is 9.28. The van der Waals surface area contributed by atoms with E-state index in [9.17, 15) is 4.79 Å². The lowest BCUT2D eigenvalue weighted by molar-refractivity contribution is 0.0777. The standard InChI is InChI=1S/C19H22ClN5O2/c1-13-9-16(20)5-6-18(13)27-12-25-8-7-17(22-25)19(26)23(3)10-15-11-24(4)21-14(15)2/h5-9,11H,10,12H2,1-4H3. The number of carbonyl (C=O) groups excluding carboxylic acids is 1. The van der Waals surface area contributed by atoms with E-state index in [0.717, 1.165) is 22.6 Å². The Morgan fingerprint density at radius 2 is 2.04 bits per heavy atom. The highest BCUT2D eigenvalue weighted by atomic mass is 35.5. The van der Waals surface area contributed by atoms with Crippen LogP contribution in [0.2, 0.25) is 5.02 Å². The van der Waals surface area contributed by atoms with Gasteiger partial charge in [0, 0.05) is 43.6 Å². The first-order chi connectivity index (χ1) is 12.8. The van der Waals surface area contributed by atoms with E-state index in [1.165, 1.54) is 0 Å². The van der Waals surface area contributed by atoms with Gasteiger partial charge in [-0.2, -0.15) is 10.2 Å². The lowest BCUT2D eigenvalue weighted by Crippen LogP contribution is -2.27. The van der Waals surface area contributed by atoms with E-state index in [0.29, 0.717) is 17.3 Å². The van der Waals surface area contributed by atoms with Crippen LogP contribution in [-0.4, -0.2) is 37.4 Å². The first-order valence-corrected chi connectivity index (χ1v) is 8.88. The largest absolute Gasteiger partial charge is 0.471 e. The van der Waals surface area contributed by atoms with Crippen molar-refractivity contribution in [2.45, 2.75) is 27.1 Å². The molecule has 2 aromatic heterocycles. The monoisotopic (exact) mass is 387 g/mol. The lowest BCUT2D eigenvalue weighted by Gasteiger charge is -2.15. The highest BCUT2D eigenvalue weighted by Crippen LogP contribution is 2.22. The van der Waals surface area contributed by atoms with Crippen molar-refractivity contribution in [2.75, 3.05) is 7.05 Å². The molecule has 1 aromatic carbocycles. The molecule has 27 heavy (non-hydrogen) atoms. The average Bonchev–Trinajstić information content (AvgIpc) is 3.20. The molecule has 0 saturated carbocycles. The molecule has 0 aliphatic rings. The fourth-order valence-electron chi connectivity index (χ4n) is 2.78. The highest BCUT2D eigenvalue weighted by Gasteiger charge is 2.17. The number of carbonyl (C=O) groups is 1. The van der Waals surface area contributed by atoms with Gasteiger partial charge < -0.3 is 9.64 Å². The number of hydrogen-bond acceptors (Lipinski definition) is 4. The van der Waals surface area contributed by atoms with Crippen molar-refractivity contribution < 1.29 is 9.53 Å². The number of amides is 1. The van der Waals surface area contributed by atoms with Gasteiger partial charge in [0.1, 0.15) is 5.75 Å². The molecule has 3 rings (SSSR count). The van der Waals surface area contributed by atoms with Crippen molar-refractivity contribution >= 4 is 17.5 Å². The minimum Gasteiger partial charge on any atom is -0.471 e. The molecular formula is C19H22ClN5O2. The van der Waals surface area contributed by atoms with Crippen molar-refractivity contribution in [1.29, 1.82) is 0 Å². The van der Waals surface area contributed by atoms with Crippen LogP contribution in [0, 0.1) is 13.8 Å². The molecule has 0 atom stereocenters. The van der Waals surface area contributed by atoms with Crippen LogP contribution in [0.25, 0.3) is 0 Å².